The summed E-state index contributed by atoms with van der Waals surface area (Å²) in [5.41, 5.74) is 0. The van der Waals surface area contributed by atoms with Crippen molar-refractivity contribution in [1.29, 1.82) is 0 Å². The molecule has 0 aromatic carbocycles. The number of hydrogen-bond donors (Lipinski definition) is 6. The van der Waals surface area contributed by atoms with E-state index in [0.717, 1.165) is 44.9 Å². The van der Waals surface area contributed by atoms with E-state index in [0.29, 0.717) is 6.42 Å². The summed E-state index contributed by atoms with van der Waals surface area (Å²) < 4.78 is 11.1. The maximum absolute atomic E-state index is 12.8. The molecule has 0 bridgehead atoms. The topological polar surface area (TPSA) is 149 Å². The van der Waals surface area contributed by atoms with Crippen LogP contribution in [0, 0.1) is 0 Å². The molecule has 0 saturated carbocycles. The highest BCUT2D eigenvalue weighted by molar-refractivity contribution is 5.76. The maximum atomic E-state index is 12.8. The summed E-state index contributed by atoms with van der Waals surface area (Å²) in [6.07, 6.45) is 34.1. The van der Waals surface area contributed by atoms with E-state index in [2.05, 4.69) is 43.5 Å². The van der Waals surface area contributed by atoms with E-state index in [1.54, 1.807) is 6.08 Å². The van der Waals surface area contributed by atoms with Gasteiger partial charge in [-0.2, -0.15) is 0 Å². The quantitative estimate of drug-likeness (QED) is 0.0287. The zero-order chi connectivity index (χ0) is 38.1. The number of nitrogens with one attached hydrogen (secondary N) is 1. The van der Waals surface area contributed by atoms with Gasteiger partial charge in [0.05, 0.1) is 25.4 Å². The molecule has 0 aromatic rings. The monoisotopic (exact) mass is 738 g/mol. The zero-order valence-electron chi connectivity index (χ0n) is 33.1. The van der Waals surface area contributed by atoms with Gasteiger partial charge in [-0.05, 0) is 44.9 Å². The molecule has 1 fully saturated rings. The van der Waals surface area contributed by atoms with Crippen LogP contribution < -0.4 is 5.32 Å². The molecule has 0 spiro atoms. The van der Waals surface area contributed by atoms with Gasteiger partial charge in [0.1, 0.15) is 24.4 Å². The van der Waals surface area contributed by atoms with E-state index in [1.165, 1.54) is 109 Å². The lowest BCUT2D eigenvalue weighted by atomic mass is 9.99. The summed E-state index contributed by atoms with van der Waals surface area (Å²) >= 11 is 0. The van der Waals surface area contributed by atoms with Crippen molar-refractivity contribution < 1.29 is 39.8 Å². The molecule has 9 nitrogen and oxygen atoms in total. The van der Waals surface area contributed by atoms with Gasteiger partial charge in [-0.15, -0.1) is 0 Å². The molecule has 1 aliphatic heterocycles. The van der Waals surface area contributed by atoms with Crippen molar-refractivity contribution in [1.82, 2.24) is 5.32 Å². The van der Waals surface area contributed by atoms with E-state index in [9.17, 15) is 30.3 Å². The highest BCUT2D eigenvalue weighted by Gasteiger charge is 2.44. The fraction of sp³-hybridized carbons (Fsp3) is 0.837. The number of carbonyl (C=O) groups excluding carboxylic acids is 1. The molecule has 304 valence electrons. The Balaban J connectivity index is 2.12. The van der Waals surface area contributed by atoms with Gasteiger partial charge in [0.15, 0.2) is 6.29 Å². The third-order valence-electron chi connectivity index (χ3n) is 9.96. The highest BCUT2D eigenvalue weighted by atomic mass is 16.7. The molecule has 52 heavy (non-hydrogen) atoms. The number of allylic oxidation sites excluding steroid dienone is 5. The van der Waals surface area contributed by atoms with Crippen LogP contribution in [0.1, 0.15) is 174 Å². The number of hydrogen-bond acceptors (Lipinski definition) is 8. The Labute approximate surface area is 317 Å². The van der Waals surface area contributed by atoms with Crippen molar-refractivity contribution >= 4 is 5.91 Å². The number of aliphatic hydroxyl groups is 5. The molecule has 1 aliphatic rings. The van der Waals surface area contributed by atoms with Crippen molar-refractivity contribution in [2.45, 2.75) is 217 Å². The number of amides is 1. The van der Waals surface area contributed by atoms with E-state index < -0.39 is 49.5 Å². The molecule has 0 aliphatic carbocycles. The Hall–Kier alpha value is -1.59. The first-order chi connectivity index (χ1) is 25.3. The molecule has 1 rings (SSSR count). The first-order valence-electron chi connectivity index (χ1n) is 21.2. The molecular weight excluding hydrogens is 658 g/mol. The minimum absolute atomic E-state index is 0.189. The van der Waals surface area contributed by atoms with Crippen molar-refractivity contribution in [2.75, 3.05) is 13.2 Å². The lowest BCUT2D eigenvalue weighted by Gasteiger charge is -2.40. The first kappa shape index (κ1) is 48.4. The van der Waals surface area contributed by atoms with Gasteiger partial charge in [-0.1, -0.05) is 159 Å². The second-order valence-electron chi connectivity index (χ2n) is 14.8. The molecule has 6 N–H and O–H groups in total. The number of carbonyl (C=O) groups is 1. The maximum Gasteiger partial charge on any atom is 0.220 e. The summed E-state index contributed by atoms with van der Waals surface area (Å²) in [4.78, 5) is 12.8. The molecule has 0 aromatic heterocycles. The van der Waals surface area contributed by atoms with Crippen LogP contribution in [0.5, 0.6) is 0 Å². The number of rotatable bonds is 34. The predicted molar refractivity (Wildman–Crippen MR) is 212 cm³/mol. The summed E-state index contributed by atoms with van der Waals surface area (Å²) in [5, 5.41) is 53.5. The van der Waals surface area contributed by atoms with E-state index in [-0.39, 0.29) is 12.5 Å². The summed E-state index contributed by atoms with van der Waals surface area (Å²) in [5.74, 6) is -0.189. The lowest BCUT2D eigenvalue weighted by molar-refractivity contribution is -0.302. The second kappa shape index (κ2) is 33.9. The average molecular weight is 738 g/mol. The fourth-order valence-corrected chi connectivity index (χ4v) is 6.46. The van der Waals surface area contributed by atoms with Crippen LogP contribution in [0.3, 0.4) is 0 Å². The average Bonchev–Trinajstić information content (AvgIpc) is 3.14. The first-order valence-corrected chi connectivity index (χ1v) is 21.2. The van der Waals surface area contributed by atoms with E-state index in [4.69, 9.17) is 9.47 Å². The summed E-state index contributed by atoms with van der Waals surface area (Å²) in [6.45, 7) is 3.59. The van der Waals surface area contributed by atoms with Gasteiger partial charge >= 0.3 is 0 Å². The number of ether oxygens (including phenoxy) is 2. The van der Waals surface area contributed by atoms with Crippen molar-refractivity contribution in [3.63, 3.8) is 0 Å². The van der Waals surface area contributed by atoms with E-state index in [1.807, 2.05) is 6.08 Å². The van der Waals surface area contributed by atoms with Crippen LogP contribution in [0.25, 0.3) is 0 Å². The minimum atomic E-state index is -1.56. The lowest BCUT2D eigenvalue weighted by Crippen LogP contribution is -2.60. The van der Waals surface area contributed by atoms with Crippen LogP contribution in [-0.4, -0.2) is 87.5 Å². The zero-order valence-corrected chi connectivity index (χ0v) is 33.1. The van der Waals surface area contributed by atoms with Gasteiger partial charge in [-0.3, -0.25) is 4.79 Å². The van der Waals surface area contributed by atoms with Crippen LogP contribution in [0.2, 0.25) is 0 Å². The molecule has 1 saturated heterocycles. The molecule has 7 atom stereocenters. The smallest absolute Gasteiger partial charge is 0.220 e. The Morgan fingerprint density at radius 3 is 1.69 bits per heavy atom. The van der Waals surface area contributed by atoms with Gasteiger partial charge in [0.2, 0.25) is 5.91 Å². The largest absolute Gasteiger partial charge is 0.394 e. The number of unbranched alkanes of at least 4 members (excludes halogenated alkanes) is 20. The van der Waals surface area contributed by atoms with Crippen molar-refractivity contribution in [3.05, 3.63) is 36.5 Å². The molecular formula is C43H79NO8. The summed E-state index contributed by atoms with van der Waals surface area (Å²) in [6, 6.07) is -0.799. The molecule has 0 radical (unpaired) electrons. The third kappa shape index (κ3) is 24.7. The van der Waals surface area contributed by atoms with Crippen LogP contribution in [0.4, 0.5) is 0 Å². The van der Waals surface area contributed by atoms with Crippen molar-refractivity contribution in [3.8, 4) is 0 Å². The second-order valence-corrected chi connectivity index (χ2v) is 14.8. The van der Waals surface area contributed by atoms with Crippen molar-refractivity contribution in [2.24, 2.45) is 0 Å². The Morgan fingerprint density at radius 2 is 1.15 bits per heavy atom. The Bertz CT molecular complexity index is 910. The van der Waals surface area contributed by atoms with Crippen LogP contribution >= 0.6 is 0 Å². The predicted octanol–water partition coefficient (Wildman–Crippen LogP) is 8.11. The highest BCUT2D eigenvalue weighted by Crippen LogP contribution is 2.22. The van der Waals surface area contributed by atoms with Crippen LogP contribution in [-0.2, 0) is 14.3 Å². The summed E-state index contributed by atoms with van der Waals surface area (Å²) in [7, 11) is 0. The van der Waals surface area contributed by atoms with Gasteiger partial charge in [-0.25, -0.2) is 0 Å². The molecule has 9 heteroatoms. The molecule has 7 unspecified atom stereocenters. The van der Waals surface area contributed by atoms with Gasteiger partial charge < -0.3 is 40.3 Å². The standard InChI is InChI=1S/C43H79NO8/c1-3-5-7-9-10-11-12-13-14-15-16-17-18-19-20-21-22-23-24-25-26-27-28-29-31-33-39(47)44-36(37(46)32-30-8-6-4-2)35-51-43-42(50)41(49)40(48)38(34-45)52-43/h12-13,15-16,30,32,36-38,40-43,45-46,48-50H,3-11,14,17-29,31,33-35H2,1-2H3,(H,44,47)/b13-12-,16-15-,32-30+. The normalized spacial score (nSPS) is 22.2. The SMILES string of the molecule is CCCC/C=C/C(O)C(COC1OC(CO)C(O)C(O)C1O)NC(=O)CCCCCCCCCCCCCCC/C=C\C/C=C\CCCCCCC. The van der Waals surface area contributed by atoms with Gasteiger partial charge in [0.25, 0.3) is 0 Å². The Kier molecular flexibility index (Phi) is 31.6. The molecule has 1 amide bonds. The van der Waals surface area contributed by atoms with Crippen LogP contribution in [0.15, 0.2) is 36.5 Å². The molecule has 1 heterocycles. The Morgan fingerprint density at radius 1 is 0.654 bits per heavy atom. The third-order valence-corrected chi connectivity index (χ3v) is 9.96. The van der Waals surface area contributed by atoms with Gasteiger partial charge in [0, 0.05) is 6.42 Å². The van der Waals surface area contributed by atoms with E-state index >= 15 is 0 Å². The minimum Gasteiger partial charge on any atom is -0.394 e. The number of aliphatic hydroxyl groups excluding tert-OH is 5. The fourth-order valence-electron chi connectivity index (χ4n) is 6.46.